The highest BCUT2D eigenvalue weighted by Crippen LogP contribution is 2.31. The third-order valence-electron chi connectivity index (χ3n) is 2.68. The van der Waals surface area contributed by atoms with E-state index in [2.05, 4.69) is 13.8 Å². The van der Waals surface area contributed by atoms with Crippen LogP contribution in [0, 0.1) is 5.92 Å². The Morgan fingerprint density at radius 2 is 2.33 bits per heavy atom. The Labute approximate surface area is 72.7 Å². The molecule has 2 heterocycles. The maximum atomic E-state index is 11.4. The fraction of sp³-hybridized carbons (Fsp3) is 0.889. The van der Waals surface area contributed by atoms with Crippen molar-refractivity contribution in [1.29, 1.82) is 0 Å². The summed E-state index contributed by atoms with van der Waals surface area (Å²) in [7, 11) is 0. The fourth-order valence-electron chi connectivity index (χ4n) is 2.08. The first kappa shape index (κ1) is 8.05. The van der Waals surface area contributed by atoms with E-state index in [1.54, 1.807) is 0 Å². The lowest BCUT2D eigenvalue weighted by molar-refractivity contribution is -0.135. The quantitative estimate of drug-likeness (QED) is 0.586. The van der Waals surface area contributed by atoms with Gasteiger partial charge in [-0.05, 0) is 12.3 Å². The lowest BCUT2D eigenvalue weighted by Gasteiger charge is -2.24. The molecule has 12 heavy (non-hydrogen) atoms. The zero-order valence-corrected chi connectivity index (χ0v) is 7.62. The van der Waals surface area contributed by atoms with E-state index in [1.807, 2.05) is 4.90 Å². The van der Waals surface area contributed by atoms with Crippen LogP contribution in [0.2, 0.25) is 0 Å². The van der Waals surface area contributed by atoms with Gasteiger partial charge < -0.3 is 9.64 Å². The minimum atomic E-state index is 0.0463. The number of hydrogen-bond acceptors (Lipinski definition) is 2. The molecule has 2 aliphatic rings. The van der Waals surface area contributed by atoms with Crippen LogP contribution in [-0.2, 0) is 9.53 Å². The molecule has 0 radical (unpaired) electrons. The van der Waals surface area contributed by atoms with Crippen molar-refractivity contribution in [2.24, 2.45) is 5.92 Å². The van der Waals surface area contributed by atoms with Crippen LogP contribution >= 0.6 is 0 Å². The van der Waals surface area contributed by atoms with Gasteiger partial charge in [-0.3, -0.25) is 4.79 Å². The Bertz CT molecular complexity index is 203. The second-order valence-corrected chi connectivity index (χ2v) is 3.96. The van der Waals surface area contributed by atoms with Crippen molar-refractivity contribution in [2.45, 2.75) is 39.0 Å². The summed E-state index contributed by atoms with van der Waals surface area (Å²) >= 11 is 0. The van der Waals surface area contributed by atoms with Gasteiger partial charge >= 0.3 is 0 Å². The number of amides is 1. The van der Waals surface area contributed by atoms with Crippen LogP contribution < -0.4 is 0 Å². The molecular weight excluding hydrogens is 154 g/mol. The minimum absolute atomic E-state index is 0.0463. The standard InChI is InChI=1S/C9H15NO2/c1-6(2)9-10-7(5-12-9)3-4-8(10)11/h6-7,9H,3-5H2,1-2H3/t7-,9+/m0/s1. The molecule has 0 bridgehead atoms. The van der Waals surface area contributed by atoms with Gasteiger partial charge in [-0.1, -0.05) is 13.8 Å². The van der Waals surface area contributed by atoms with Crippen molar-refractivity contribution >= 4 is 5.91 Å². The molecular formula is C9H15NO2. The molecule has 0 unspecified atom stereocenters. The van der Waals surface area contributed by atoms with Gasteiger partial charge in [0.05, 0.1) is 12.6 Å². The van der Waals surface area contributed by atoms with Crippen molar-refractivity contribution in [3.05, 3.63) is 0 Å². The van der Waals surface area contributed by atoms with E-state index in [9.17, 15) is 4.79 Å². The number of fused-ring (bicyclic) bond motifs is 1. The summed E-state index contributed by atoms with van der Waals surface area (Å²) in [5.41, 5.74) is 0. The van der Waals surface area contributed by atoms with Crippen LogP contribution in [0.3, 0.4) is 0 Å². The monoisotopic (exact) mass is 169 g/mol. The molecule has 2 rings (SSSR count). The number of carbonyl (C=O) groups excluding carboxylic acids is 1. The van der Waals surface area contributed by atoms with Crippen molar-refractivity contribution < 1.29 is 9.53 Å². The molecule has 68 valence electrons. The van der Waals surface area contributed by atoms with E-state index < -0.39 is 0 Å². The SMILES string of the molecule is CC(C)[C@H]1OC[C@@H]2CCC(=O)N21. The summed E-state index contributed by atoms with van der Waals surface area (Å²) in [5, 5.41) is 0. The van der Waals surface area contributed by atoms with Crippen LogP contribution in [0.15, 0.2) is 0 Å². The molecule has 2 atom stereocenters. The Morgan fingerprint density at radius 3 is 3.00 bits per heavy atom. The van der Waals surface area contributed by atoms with E-state index in [0.717, 1.165) is 19.4 Å². The molecule has 2 aliphatic heterocycles. The summed E-state index contributed by atoms with van der Waals surface area (Å²) in [6.07, 6.45) is 1.75. The van der Waals surface area contributed by atoms with E-state index in [1.165, 1.54) is 0 Å². The smallest absolute Gasteiger partial charge is 0.225 e. The molecule has 0 aromatic heterocycles. The number of ether oxygens (including phenoxy) is 1. The van der Waals surface area contributed by atoms with Crippen molar-refractivity contribution in [1.82, 2.24) is 4.90 Å². The van der Waals surface area contributed by atoms with E-state index in [4.69, 9.17) is 4.74 Å². The number of carbonyl (C=O) groups is 1. The molecule has 0 aromatic rings. The van der Waals surface area contributed by atoms with Crippen LogP contribution in [0.5, 0.6) is 0 Å². The zero-order valence-electron chi connectivity index (χ0n) is 7.62. The van der Waals surface area contributed by atoms with E-state index in [-0.39, 0.29) is 12.1 Å². The Balaban J connectivity index is 2.14. The summed E-state index contributed by atoms with van der Waals surface area (Å²) in [4.78, 5) is 13.4. The van der Waals surface area contributed by atoms with Gasteiger partial charge in [0.1, 0.15) is 6.23 Å². The first-order valence-corrected chi connectivity index (χ1v) is 4.63. The highest BCUT2D eigenvalue weighted by molar-refractivity contribution is 5.79. The van der Waals surface area contributed by atoms with Gasteiger partial charge in [-0.25, -0.2) is 0 Å². The molecule has 2 saturated heterocycles. The Kier molecular flexibility index (Phi) is 1.83. The van der Waals surface area contributed by atoms with Crippen molar-refractivity contribution in [3.63, 3.8) is 0 Å². The second kappa shape index (κ2) is 2.73. The zero-order chi connectivity index (χ0) is 8.72. The summed E-state index contributed by atoms with van der Waals surface area (Å²) < 4.78 is 5.56. The van der Waals surface area contributed by atoms with E-state index in [0.29, 0.717) is 12.0 Å². The molecule has 0 saturated carbocycles. The minimum Gasteiger partial charge on any atom is -0.356 e. The third-order valence-corrected chi connectivity index (χ3v) is 2.68. The fourth-order valence-corrected chi connectivity index (χ4v) is 2.08. The van der Waals surface area contributed by atoms with Gasteiger partial charge in [-0.2, -0.15) is 0 Å². The topological polar surface area (TPSA) is 29.5 Å². The van der Waals surface area contributed by atoms with Gasteiger partial charge in [0, 0.05) is 6.42 Å². The Hall–Kier alpha value is -0.570. The van der Waals surface area contributed by atoms with Crippen LogP contribution in [-0.4, -0.2) is 29.7 Å². The van der Waals surface area contributed by atoms with Crippen LogP contribution in [0.1, 0.15) is 26.7 Å². The van der Waals surface area contributed by atoms with Crippen LogP contribution in [0.4, 0.5) is 0 Å². The van der Waals surface area contributed by atoms with Gasteiger partial charge in [0.25, 0.3) is 0 Å². The predicted molar refractivity (Wildman–Crippen MR) is 44.4 cm³/mol. The normalized spacial score (nSPS) is 34.9. The average molecular weight is 169 g/mol. The molecule has 0 N–H and O–H groups in total. The predicted octanol–water partition coefficient (Wildman–Crippen LogP) is 0.990. The Morgan fingerprint density at radius 1 is 1.58 bits per heavy atom. The van der Waals surface area contributed by atoms with Crippen molar-refractivity contribution in [2.75, 3.05) is 6.61 Å². The number of rotatable bonds is 1. The maximum Gasteiger partial charge on any atom is 0.225 e. The average Bonchev–Trinajstić information content (AvgIpc) is 2.53. The molecule has 0 aliphatic carbocycles. The first-order chi connectivity index (χ1) is 5.70. The summed E-state index contributed by atoms with van der Waals surface area (Å²) in [5.74, 6) is 0.688. The highest BCUT2D eigenvalue weighted by atomic mass is 16.5. The molecule has 3 nitrogen and oxygen atoms in total. The van der Waals surface area contributed by atoms with E-state index >= 15 is 0 Å². The molecule has 1 amide bonds. The summed E-state index contributed by atoms with van der Waals surface area (Å²) in [6, 6.07) is 0.380. The molecule has 2 fully saturated rings. The third kappa shape index (κ3) is 1.04. The van der Waals surface area contributed by atoms with Crippen molar-refractivity contribution in [3.8, 4) is 0 Å². The van der Waals surface area contributed by atoms with Gasteiger partial charge in [0.2, 0.25) is 5.91 Å². The molecule has 0 aromatic carbocycles. The molecule has 3 heteroatoms. The lowest BCUT2D eigenvalue weighted by Crippen LogP contribution is -2.38. The van der Waals surface area contributed by atoms with Gasteiger partial charge in [-0.15, -0.1) is 0 Å². The van der Waals surface area contributed by atoms with Crippen LogP contribution in [0.25, 0.3) is 0 Å². The highest BCUT2D eigenvalue weighted by Gasteiger charge is 2.43. The molecule has 0 spiro atoms. The summed E-state index contributed by atoms with van der Waals surface area (Å²) in [6.45, 7) is 4.94. The second-order valence-electron chi connectivity index (χ2n) is 3.96. The van der Waals surface area contributed by atoms with Gasteiger partial charge in [0.15, 0.2) is 0 Å². The number of nitrogens with zero attached hydrogens (tertiary/aromatic N) is 1. The lowest BCUT2D eigenvalue weighted by atomic mass is 10.2. The number of hydrogen-bond donors (Lipinski definition) is 0. The first-order valence-electron chi connectivity index (χ1n) is 4.63. The maximum absolute atomic E-state index is 11.4. The largest absolute Gasteiger partial charge is 0.356 e.